The van der Waals surface area contributed by atoms with Gasteiger partial charge in [0.05, 0.1) is 0 Å². The molecule has 2 N–H and O–H groups in total. The molecule has 1 nitrogen and oxygen atoms in total. The fraction of sp³-hybridized carbons (Fsp3) is 0.917. The predicted molar refractivity (Wildman–Crippen MR) is 60.4 cm³/mol. The van der Waals surface area contributed by atoms with Gasteiger partial charge in [-0.25, -0.2) is 0 Å². The lowest BCUT2D eigenvalue weighted by Gasteiger charge is -2.21. The lowest BCUT2D eigenvalue weighted by Crippen LogP contribution is -2.10. The van der Waals surface area contributed by atoms with E-state index in [2.05, 4.69) is 27.7 Å². The fourth-order valence-electron chi connectivity index (χ4n) is 1.65. The summed E-state index contributed by atoms with van der Waals surface area (Å²) in [7, 11) is 0. The average molecular weight is 184 g/mol. The summed E-state index contributed by atoms with van der Waals surface area (Å²) in [5.41, 5.74) is 5.48. The summed E-state index contributed by atoms with van der Waals surface area (Å²) in [4.78, 5) is 0. The van der Waals surface area contributed by atoms with Gasteiger partial charge in [-0.2, -0.15) is 0 Å². The van der Waals surface area contributed by atoms with Crippen LogP contribution >= 0.6 is 0 Å². The maximum atomic E-state index is 5.48. The summed E-state index contributed by atoms with van der Waals surface area (Å²) in [6, 6.07) is 0. The summed E-state index contributed by atoms with van der Waals surface area (Å²) < 4.78 is 0. The van der Waals surface area contributed by atoms with Gasteiger partial charge in [0.2, 0.25) is 0 Å². The maximum absolute atomic E-state index is 5.48. The Labute approximate surface area is 84.1 Å². The van der Waals surface area contributed by atoms with E-state index in [1.165, 1.54) is 25.7 Å². The van der Waals surface area contributed by atoms with Crippen LogP contribution in [0.3, 0.4) is 0 Å². The Morgan fingerprint density at radius 2 is 1.69 bits per heavy atom. The molecule has 0 aliphatic rings. The van der Waals surface area contributed by atoms with Crippen molar-refractivity contribution in [2.24, 2.45) is 17.6 Å². The molecule has 0 saturated heterocycles. The quantitative estimate of drug-likeness (QED) is 0.603. The van der Waals surface area contributed by atoms with Crippen molar-refractivity contribution in [3.05, 3.63) is 5.92 Å². The largest absolute Gasteiger partial charge is 0.330 e. The molecule has 79 valence electrons. The molecule has 0 amide bonds. The highest BCUT2D eigenvalue weighted by atomic mass is 14.5. The average Bonchev–Trinajstić information content (AvgIpc) is 2.02. The van der Waals surface area contributed by atoms with Gasteiger partial charge >= 0.3 is 0 Å². The summed E-state index contributed by atoms with van der Waals surface area (Å²) in [5.74, 6) is 3.28. The van der Waals surface area contributed by atoms with Crippen LogP contribution in [0.15, 0.2) is 0 Å². The Morgan fingerprint density at radius 1 is 1.08 bits per heavy atom. The zero-order valence-corrected chi connectivity index (χ0v) is 9.77. The highest BCUT2D eigenvalue weighted by molar-refractivity contribution is 4.93. The van der Waals surface area contributed by atoms with Crippen LogP contribution in [0.1, 0.15) is 53.4 Å². The summed E-state index contributed by atoms with van der Waals surface area (Å²) in [6.45, 7) is 10.0. The second-order valence-corrected chi connectivity index (χ2v) is 4.66. The van der Waals surface area contributed by atoms with Crippen molar-refractivity contribution in [1.29, 1.82) is 0 Å². The Bertz CT molecular complexity index is 108. The van der Waals surface area contributed by atoms with Gasteiger partial charge in [-0.3, -0.25) is 0 Å². The first-order chi connectivity index (χ1) is 6.07. The van der Waals surface area contributed by atoms with Crippen LogP contribution in [0.25, 0.3) is 0 Å². The first-order valence-electron chi connectivity index (χ1n) is 5.62. The zero-order chi connectivity index (χ0) is 10.3. The number of hydrogen-bond donors (Lipinski definition) is 1. The Morgan fingerprint density at radius 3 is 2.08 bits per heavy atom. The van der Waals surface area contributed by atoms with E-state index in [0.717, 1.165) is 18.4 Å². The van der Waals surface area contributed by atoms with Gasteiger partial charge in [0.15, 0.2) is 0 Å². The van der Waals surface area contributed by atoms with Crippen LogP contribution in [0, 0.1) is 17.8 Å². The van der Waals surface area contributed by atoms with Crippen LogP contribution in [0.2, 0.25) is 0 Å². The van der Waals surface area contributed by atoms with Gasteiger partial charge in [0, 0.05) is 0 Å². The Kier molecular flexibility index (Phi) is 7.35. The van der Waals surface area contributed by atoms with Gasteiger partial charge in [-0.15, -0.1) is 0 Å². The van der Waals surface area contributed by atoms with Crippen molar-refractivity contribution < 1.29 is 0 Å². The van der Waals surface area contributed by atoms with Crippen molar-refractivity contribution in [3.63, 3.8) is 0 Å². The van der Waals surface area contributed by atoms with Crippen LogP contribution in [-0.4, -0.2) is 6.54 Å². The van der Waals surface area contributed by atoms with Crippen LogP contribution in [0.4, 0.5) is 0 Å². The van der Waals surface area contributed by atoms with Crippen molar-refractivity contribution >= 4 is 0 Å². The molecule has 0 unspecified atom stereocenters. The van der Waals surface area contributed by atoms with Crippen molar-refractivity contribution in [3.8, 4) is 0 Å². The molecule has 0 rings (SSSR count). The third-order valence-electron chi connectivity index (χ3n) is 2.44. The third-order valence-corrected chi connectivity index (χ3v) is 2.44. The molecular weight excluding hydrogens is 158 g/mol. The number of nitrogens with two attached hydrogens (primary N) is 1. The second-order valence-electron chi connectivity index (χ2n) is 4.66. The van der Waals surface area contributed by atoms with Crippen molar-refractivity contribution in [2.45, 2.75) is 53.4 Å². The molecule has 0 aromatic carbocycles. The van der Waals surface area contributed by atoms with Crippen molar-refractivity contribution in [2.75, 3.05) is 6.54 Å². The van der Waals surface area contributed by atoms with E-state index in [4.69, 9.17) is 5.73 Å². The monoisotopic (exact) mass is 184 g/mol. The summed E-state index contributed by atoms with van der Waals surface area (Å²) in [5, 5.41) is 0. The molecule has 13 heavy (non-hydrogen) atoms. The summed E-state index contributed by atoms with van der Waals surface area (Å²) in [6.07, 6.45) is 5.03. The smallest absolute Gasteiger partial charge is 0.00773 e. The second kappa shape index (κ2) is 7.37. The topological polar surface area (TPSA) is 26.0 Å². The minimum atomic E-state index is 0.750. The van der Waals surface area contributed by atoms with Crippen molar-refractivity contribution in [1.82, 2.24) is 0 Å². The molecule has 0 heterocycles. The lowest BCUT2D eigenvalue weighted by atomic mass is 9.84. The molecule has 0 aromatic rings. The zero-order valence-electron chi connectivity index (χ0n) is 9.77. The van der Waals surface area contributed by atoms with E-state index in [-0.39, 0.29) is 0 Å². The molecule has 0 spiro atoms. The molecule has 1 heteroatoms. The van der Waals surface area contributed by atoms with Crippen LogP contribution in [-0.2, 0) is 0 Å². The molecule has 0 aliphatic carbocycles. The Hall–Kier alpha value is -0.0400. The van der Waals surface area contributed by atoms with Gasteiger partial charge in [0.25, 0.3) is 0 Å². The van der Waals surface area contributed by atoms with Crippen LogP contribution in [0.5, 0.6) is 0 Å². The molecule has 0 bridgehead atoms. The molecule has 0 fully saturated rings. The molecular formula is C12H26N. The third kappa shape index (κ3) is 7.06. The van der Waals surface area contributed by atoms with E-state index < -0.39 is 0 Å². The first kappa shape index (κ1) is 13.0. The number of hydrogen-bond acceptors (Lipinski definition) is 1. The molecule has 0 aromatic heterocycles. The number of unbranched alkanes of at least 4 members (excludes halogenated alkanes) is 1. The van der Waals surface area contributed by atoms with Gasteiger partial charge in [-0.05, 0) is 43.6 Å². The van der Waals surface area contributed by atoms with Crippen LogP contribution < -0.4 is 5.73 Å². The molecule has 1 radical (unpaired) electrons. The number of rotatable bonds is 7. The van der Waals surface area contributed by atoms with E-state index in [0.29, 0.717) is 0 Å². The molecule has 0 saturated carbocycles. The normalized spacial score (nSPS) is 12.0. The lowest BCUT2D eigenvalue weighted by molar-refractivity contribution is 0.469. The van der Waals surface area contributed by atoms with E-state index in [1.807, 2.05) is 0 Å². The minimum absolute atomic E-state index is 0.750. The Balaban J connectivity index is 3.67. The van der Waals surface area contributed by atoms with Gasteiger partial charge in [-0.1, -0.05) is 34.1 Å². The van der Waals surface area contributed by atoms with E-state index in [1.54, 1.807) is 5.92 Å². The highest BCUT2D eigenvalue weighted by Crippen LogP contribution is 2.27. The molecule has 0 atom stereocenters. The van der Waals surface area contributed by atoms with E-state index in [9.17, 15) is 0 Å². The standard InChI is InChI=1S/C12H26N/c1-10(2)9-12(11(3)4)7-5-6-8-13/h10-11H,5-9,13H2,1-4H3. The SMILES string of the molecule is CC(C)C[C](CCCCN)C(C)C. The molecule has 0 aliphatic heterocycles. The van der Waals surface area contributed by atoms with Gasteiger partial charge in [0.1, 0.15) is 0 Å². The van der Waals surface area contributed by atoms with E-state index >= 15 is 0 Å². The predicted octanol–water partition coefficient (Wildman–Crippen LogP) is 3.39. The fourth-order valence-corrected chi connectivity index (χ4v) is 1.65. The van der Waals surface area contributed by atoms with Gasteiger partial charge < -0.3 is 5.73 Å². The minimum Gasteiger partial charge on any atom is -0.330 e. The maximum Gasteiger partial charge on any atom is -0.00773 e. The summed E-state index contributed by atoms with van der Waals surface area (Å²) >= 11 is 0. The first-order valence-corrected chi connectivity index (χ1v) is 5.62. The highest BCUT2D eigenvalue weighted by Gasteiger charge is 2.14.